The van der Waals surface area contributed by atoms with Gasteiger partial charge in [-0.2, -0.15) is 0 Å². The fourth-order valence-electron chi connectivity index (χ4n) is 1.47. The van der Waals surface area contributed by atoms with Gasteiger partial charge in [-0.25, -0.2) is 4.98 Å². The molecule has 2 rings (SSSR count). The van der Waals surface area contributed by atoms with E-state index in [9.17, 15) is 0 Å². The van der Waals surface area contributed by atoms with Gasteiger partial charge in [0.2, 0.25) is 0 Å². The number of nitrogens with one attached hydrogen (secondary N) is 2. The summed E-state index contributed by atoms with van der Waals surface area (Å²) >= 11 is 0. The maximum absolute atomic E-state index is 5.58. The quantitative estimate of drug-likeness (QED) is 0.670. The number of nitrogens with zero attached hydrogens (tertiary/aromatic N) is 1. The molecule has 2 heterocycles. The summed E-state index contributed by atoms with van der Waals surface area (Å²) in [4.78, 5) is 7.65. The summed E-state index contributed by atoms with van der Waals surface area (Å²) in [5, 5.41) is 3.28. The highest BCUT2D eigenvalue weighted by Crippen LogP contribution is 2.16. The van der Waals surface area contributed by atoms with Gasteiger partial charge in [0.15, 0.2) is 0 Å². The molecule has 0 bridgehead atoms. The fraction of sp³-hybridized carbons (Fsp3) is 0.667. The first-order chi connectivity index (χ1) is 6.27. The van der Waals surface area contributed by atoms with Crippen LogP contribution in [0.25, 0.3) is 0 Å². The minimum absolute atomic E-state index is 0.0983. The van der Waals surface area contributed by atoms with Crippen molar-refractivity contribution in [3.05, 3.63) is 17.2 Å². The van der Waals surface area contributed by atoms with Gasteiger partial charge in [0.05, 0.1) is 12.3 Å². The first kappa shape index (κ1) is 8.72. The van der Waals surface area contributed by atoms with Crippen LogP contribution in [0.5, 0.6) is 0 Å². The zero-order valence-electron chi connectivity index (χ0n) is 8.05. The Labute approximate surface area is 77.7 Å². The molecule has 1 atom stereocenters. The van der Waals surface area contributed by atoms with Gasteiger partial charge in [-0.1, -0.05) is 0 Å². The van der Waals surface area contributed by atoms with Crippen LogP contribution in [0.3, 0.4) is 0 Å². The molecule has 1 fully saturated rings. The Balaban J connectivity index is 2.14. The summed E-state index contributed by atoms with van der Waals surface area (Å²) in [6.07, 6.45) is 0.0983. The number of ether oxygens (including phenoxy) is 1. The summed E-state index contributed by atoms with van der Waals surface area (Å²) in [5.41, 5.74) is 2.19. The van der Waals surface area contributed by atoms with E-state index in [0.29, 0.717) is 0 Å². The van der Waals surface area contributed by atoms with Crippen LogP contribution in [0.1, 0.15) is 23.3 Å². The van der Waals surface area contributed by atoms with E-state index in [-0.39, 0.29) is 6.10 Å². The summed E-state index contributed by atoms with van der Waals surface area (Å²) in [6, 6.07) is 0. The van der Waals surface area contributed by atoms with Crippen LogP contribution in [0.4, 0.5) is 0 Å². The van der Waals surface area contributed by atoms with Crippen molar-refractivity contribution in [2.75, 3.05) is 19.7 Å². The zero-order chi connectivity index (χ0) is 9.26. The third-order valence-corrected chi connectivity index (χ3v) is 2.38. The summed E-state index contributed by atoms with van der Waals surface area (Å²) < 4.78 is 5.58. The van der Waals surface area contributed by atoms with Crippen molar-refractivity contribution in [3.63, 3.8) is 0 Å². The van der Waals surface area contributed by atoms with Crippen LogP contribution in [-0.2, 0) is 4.74 Å². The highest BCUT2D eigenvalue weighted by atomic mass is 16.5. The molecule has 1 aliphatic heterocycles. The van der Waals surface area contributed by atoms with Gasteiger partial charge < -0.3 is 15.0 Å². The topological polar surface area (TPSA) is 49.9 Å². The molecule has 0 aromatic carbocycles. The van der Waals surface area contributed by atoms with Gasteiger partial charge in [0, 0.05) is 18.8 Å². The lowest BCUT2D eigenvalue weighted by Crippen LogP contribution is -2.33. The monoisotopic (exact) mass is 181 g/mol. The second-order valence-corrected chi connectivity index (χ2v) is 3.40. The van der Waals surface area contributed by atoms with Crippen LogP contribution < -0.4 is 5.32 Å². The normalized spacial score (nSPS) is 23.4. The molecule has 0 aliphatic carbocycles. The molecule has 0 spiro atoms. The molecule has 0 radical (unpaired) electrons. The van der Waals surface area contributed by atoms with E-state index in [1.165, 1.54) is 0 Å². The van der Waals surface area contributed by atoms with Gasteiger partial charge in [0.1, 0.15) is 11.9 Å². The fourth-order valence-corrected chi connectivity index (χ4v) is 1.47. The smallest absolute Gasteiger partial charge is 0.137 e. The molecule has 0 amide bonds. The van der Waals surface area contributed by atoms with Crippen molar-refractivity contribution < 1.29 is 4.74 Å². The molecule has 1 aliphatic rings. The minimum Gasteiger partial charge on any atom is -0.368 e. The number of aromatic amines is 1. The molecule has 1 aromatic rings. The number of aromatic nitrogens is 2. The first-order valence-corrected chi connectivity index (χ1v) is 4.63. The maximum Gasteiger partial charge on any atom is 0.137 e. The van der Waals surface area contributed by atoms with Crippen molar-refractivity contribution in [3.8, 4) is 0 Å². The Morgan fingerprint density at radius 3 is 2.85 bits per heavy atom. The second-order valence-electron chi connectivity index (χ2n) is 3.40. The van der Waals surface area contributed by atoms with Crippen LogP contribution in [0, 0.1) is 13.8 Å². The third-order valence-electron chi connectivity index (χ3n) is 2.38. The van der Waals surface area contributed by atoms with Crippen LogP contribution in [-0.4, -0.2) is 29.7 Å². The maximum atomic E-state index is 5.58. The molecule has 13 heavy (non-hydrogen) atoms. The zero-order valence-corrected chi connectivity index (χ0v) is 8.05. The Morgan fingerprint density at radius 1 is 1.46 bits per heavy atom. The second kappa shape index (κ2) is 3.47. The number of hydrogen-bond acceptors (Lipinski definition) is 3. The van der Waals surface area contributed by atoms with E-state index in [2.05, 4.69) is 15.3 Å². The average molecular weight is 181 g/mol. The summed E-state index contributed by atoms with van der Waals surface area (Å²) in [6.45, 7) is 6.60. The first-order valence-electron chi connectivity index (χ1n) is 4.63. The lowest BCUT2D eigenvalue weighted by molar-refractivity contribution is 0.0225. The molecule has 0 saturated carbocycles. The minimum atomic E-state index is 0.0983. The molecule has 1 saturated heterocycles. The van der Waals surface area contributed by atoms with Gasteiger partial charge in [0.25, 0.3) is 0 Å². The predicted molar refractivity (Wildman–Crippen MR) is 49.6 cm³/mol. The van der Waals surface area contributed by atoms with Gasteiger partial charge in [-0.05, 0) is 13.8 Å². The highest BCUT2D eigenvalue weighted by molar-refractivity contribution is 5.12. The molecule has 0 unspecified atom stereocenters. The molecule has 72 valence electrons. The highest BCUT2D eigenvalue weighted by Gasteiger charge is 2.18. The summed E-state index contributed by atoms with van der Waals surface area (Å²) in [7, 11) is 0. The summed E-state index contributed by atoms with van der Waals surface area (Å²) in [5.74, 6) is 0.946. The predicted octanol–water partition coefficient (Wildman–Crippen LogP) is 0.687. The van der Waals surface area contributed by atoms with E-state index >= 15 is 0 Å². The van der Waals surface area contributed by atoms with Crippen LogP contribution >= 0.6 is 0 Å². The molecular formula is C9H15N3O. The van der Waals surface area contributed by atoms with E-state index in [0.717, 1.165) is 36.9 Å². The molecule has 1 aromatic heterocycles. The van der Waals surface area contributed by atoms with E-state index in [1.54, 1.807) is 0 Å². The Hall–Kier alpha value is -0.870. The van der Waals surface area contributed by atoms with Crippen molar-refractivity contribution in [1.82, 2.24) is 15.3 Å². The number of rotatable bonds is 1. The molecule has 4 heteroatoms. The van der Waals surface area contributed by atoms with Gasteiger partial charge in [-0.15, -0.1) is 0 Å². The number of aryl methyl sites for hydroxylation is 2. The number of H-pyrrole nitrogens is 1. The standard InChI is InChI=1S/C9H15N3O/c1-6-7(2)12-9(11-6)8-5-10-3-4-13-8/h8,10H,3-5H2,1-2H3,(H,11,12)/t8-/m0/s1. The Kier molecular flexibility index (Phi) is 2.33. The number of morpholine rings is 1. The molecule has 4 nitrogen and oxygen atoms in total. The lowest BCUT2D eigenvalue weighted by atomic mass is 10.3. The number of imidazole rings is 1. The van der Waals surface area contributed by atoms with Crippen molar-refractivity contribution in [2.24, 2.45) is 0 Å². The van der Waals surface area contributed by atoms with E-state index < -0.39 is 0 Å². The average Bonchev–Trinajstić information content (AvgIpc) is 2.49. The molecule has 2 N–H and O–H groups in total. The van der Waals surface area contributed by atoms with E-state index in [4.69, 9.17) is 4.74 Å². The Bertz CT molecular complexity index is 270. The van der Waals surface area contributed by atoms with Gasteiger partial charge in [-0.3, -0.25) is 0 Å². The molecular weight excluding hydrogens is 166 g/mol. The SMILES string of the molecule is Cc1nc([C@@H]2CNCCO2)[nH]c1C. The third kappa shape index (κ3) is 1.73. The number of hydrogen-bond donors (Lipinski definition) is 2. The van der Waals surface area contributed by atoms with Crippen molar-refractivity contribution >= 4 is 0 Å². The Morgan fingerprint density at radius 2 is 2.31 bits per heavy atom. The van der Waals surface area contributed by atoms with Crippen molar-refractivity contribution in [1.29, 1.82) is 0 Å². The van der Waals surface area contributed by atoms with Gasteiger partial charge >= 0.3 is 0 Å². The van der Waals surface area contributed by atoms with E-state index in [1.807, 2.05) is 13.8 Å². The lowest BCUT2D eigenvalue weighted by Gasteiger charge is -2.21. The van der Waals surface area contributed by atoms with Crippen LogP contribution in [0.15, 0.2) is 0 Å². The van der Waals surface area contributed by atoms with Crippen LogP contribution in [0.2, 0.25) is 0 Å². The largest absolute Gasteiger partial charge is 0.368 e. The van der Waals surface area contributed by atoms with Crippen molar-refractivity contribution in [2.45, 2.75) is 20.0 Å².